The fraction of sp³-hybridized carbons (Fsp3) is 0.689. The predicted molar refractivity (Wildman–Crippen MR) is 212 cm³/mol. The van der Waals surface area contributed by atoms with Gasteiger partial charge in [-0.3, -0.25) is 9.59 Å². The van der Waals surface area contributed by atoms with E-state index in [9.17, 15) is 19.8 Å². The molecule has 0 spiro atoms. The average molecular weight is 722 g/mol. The molecule has 1 fully saturated rings. The maximum absolute atomic E-state index is 14.8. The highest BCUT2D eigenvalue weighted by molar-refractivity contribution is 5.84. The van der Waals surface area contributed by atoms with E-state index in [4.69, 9.17) is 9.47 Å². The Balaban J connectivity index is 2.10. The van der Waals surface area contributed by atoms with Crippen molar-refractivity contribution in [3.05, 3.63) is 57.6 Å². The Labute approximate surface area is 315 Å². The van der Waals surface area contributed by atoms with E-state index >= 15 is 0 Å². The lowest BCUT2D eigenvalue weighted by Crippen LogP contribution is -2.61. The quantitative estimate of drug-likeness (QED) is 0.193. The van der Waals surface area contributed by atoms with Gasteiger partial charge >= 0.3 is 11.9 Å². The molecule has 0 aromatic heterocycles. The summed E-state index contributed by atoms with van der Waals surface area (Å²) in [6, 6.07) is 7.73. The Kier molecular flexibility index (Phi) is 11.6. The van der Waals surface area contributed by atoms with Crippen LogP contribution in [0.4, 0.5) is 0 Å². The van der Waals surface area contributed by atoms with Gasteiger partial charge in [-0.05, 0) is 115 Å². The standard InChI is InChI=1S/C45H71NO6/c1-26(28-20-31(39(3,4)5)35(47)32(21-28)40(6,7)8)37(49)51-27(2)52-38(50)45(19,30-24-43(15,16)46-44(17,18)25-30)29-22-33(41(9,10)11)36(48)34(23-29)42(12,13)14/h20-23,26-27,30,46-48H,24-25H2,1-19H3. The molecule has 1 saturated heterocycles. The first-order chi connectivity index (χ1) is 23.1. The number of piperidine rings is 1. The summed E-state index contributed by atoms with van der Waals surface area (Å²) in [5.41, 5.74) is 1.39. The van der Waals surface area contributed by atoms with E-state index in [0.29, 0.717) is 12.8 Å². The molecular weight excluding hydrogens is 650 g/mol. The van der Waals surface area contributed by atoms with Gasteiger partial charge in [0.1, 0.15) is 11.5 Å². The summed E-state index contributed by atoms with van der Waals surface area (Å²) in [5, 5.41) is 26.6. The zero-order valence-electron chi connectivity index (χ0n) is 36.0. The normalized spacial score (nSPS) is 19.4. The number of hydrogen-bond acceptors (Lipinski definition) is 7. The molecule has 292 valence electrons. The van der Waals surface area contributed by atoms with Gasteiger partial charge in [0.25, 0.3) is 0 Å². The summed E-state index contributed by atoms with van der Waals surface area (Å²) >= 11 is 0. The lowest BCUT2D eigenvalue weighted by Gasteiger charge is -2.51. The third kappa shape index (κ3) is 9.35. The first-order valence-electron chi connectivity index (χ1n) is 19.1. The van der Waals surface area contributed by atoms with Crippen LogP contribution in [0, 0.1) is 5.92 Å². The topological polar surface area (TPSA) is 105 Å². The highest BCUT2D eigenvalue weighted by atomic mass is 16.7. The van der Waals surface area contributed by atoms with E-state index in [-0.39, 0.29) is 39.3 Å². The molecule has 2 aromatic carbocycles. The first kappa shape index (κ1) is 43.3. The lowest BCUT2D eigenvalue weighted by atomic mass is 9.60. The van der Waals surface area contributed by atoms with Crippen LogP contribution in [-0.4, -0.2) is 39.5 Å². The number of carbonyl (C=O) groups is 2. The van der Waals surface area contributed by atoms with Crippen molar-refractivity contribution < 1.29 is 29.3 Å². The van der Waals surface area contributed by atoms with Crippen LogP contribution in [0.2, 0.25) is 0 Å². The molecule has 0 bridgehead atoms. The van der Waals surface area contributed by atoms with Gasteiger partial charge in [-0.1, -0.05) is 107 Å². The van der Waals surface area contributed by atoms with Crippen LogP contribution in [0.1, 0.15) is 184 Å². The third-order valence-corrected chi connectivity index (χ3v) is 10.9. The summed E-state index contributed by atoms with van der Waals surface area (Å²) in [4.78, 5) is 28.6. The van der Waals surface area contributed by atoms with Gasteiger partial charge in [0.15, 0.2) is 0 Å². The Morgan fingerprint density at radius 2 is 1.00 bits per heavy atom. The zero-order valence-corrected chi connectivity index (χ0v) is 36.0. The van der Waals surface area contributed by atoms with Gasteiger partial charge < -0.3 is 25.0 Å². The largest absolute Gasteiger partial charge is 0.507 e. The Bertz CT molecular complexity index is 1570. The van der Waals surface area contributed by atoms with Crippen molar-refractivity contribution in [2.75, 3.05) is 0 Å². The number of hydrogen-bond donors (Lipinski definition) is 3. The smallest absolute Gasteiger partial charge is 0.319 e. The van der Waals surface area contributed by atoms with Crippen LogP contribution < -0.4 is 5.32 Å². The zero-order chi connectivity index (χ0) is 40.4. The van der Waals surface area contributed by atoms with Crippen molar-refractivity contribution in [2.45, 2.75) is 195 Å². The highest BCUT2D eigenvalue weighted by Gasteiger charge is 2.52. The number of phenols is 2. The average Bonchev–Trinajstić information content (AvgIpc) is 2.92. The summed E-state index contributed by atoms with van der Waals surface area (Å²) in [6.45, 7) is 38.6. The maximum Gasteiger partial charge on any atom is 0.319 e. The monoisotopic (exact) mass is 722 g/mol. The van der Waals surface area contributed by atoms with Gasteiger partial charge in [-0.25, -0.2) is 0 Å². The van der Waals surface area contributed by atoms with E-state index in [1.54, 1.807) is 13.8 Å². The lowest BCUT2D eigenvalue weighted by molar-refractivity contribution is -0.191. The molecule has 3 atom stereocenters. The minimum absolute atomic E-state index is 0.137. The molecule has 0 amide bonds. The second-order valence-corrected chi connectivity index (χ2v) is 21.2. The van der Waals surface area contributed by atoms with Crippen LogP contribution in [-0.2, 0) is 46.1 Å². The van der Waals surface area contributed by atoms with Crippen molar-refractivity contribution in [2.24, 2.45) is 5.92 Å². The van der Waals surface area contributed by atoms with Crippen molar-refractivity contribution in [1.82, 2.24) is 5.32 Å². The van der Waals surface area contributed by atoms with Gasteiger partial charge in [0.05, 0.1) is 11.3 Å². The molecule has 0 radical (unpaired) electrons. The summed E-state index contributed by atoms with van der Waals surface area (Å²) in [5.74, 6) is -1.32. The molecule has 0 aliphatic carbocycles. The summed E-state index contributed by atoms with van der Waals surface area (Å²) in [6.07, 6.45) is 0.250. The number of esters is 2. The highest BCUT2D eigenvalue weighted by Crippen LogP contribution is 2.49. The van der Waals surface area contributed by atoms with Crippen molar-refractivity contribution in [1.29, 1.82) is 0 Å². The second kappa shape index (κ2) is 14.0. The molecule has 3 rings (SSSR count). The molecule has 3 N–H and O–H groups in total. The van der Waals surface area contributed by atoms with E-state index in [0.717, 1.165) is 33.4 Å². The Hall–Kier alpha value is -3.06. The van der Waals surface area contributed by atoms with Gasteiger partial charge in [-0.15, -0.1) is 0 Å². The number of rotatable bonds is 7. The van der Waals surface area contributed by atoms with Crippen molar-refractivity contribution in [3.63, 3.8) is 0 Å². The van der Waals surface area contributed by atoms with Crippen LogP contribution in [0.15, 0.2) is 24.3 Å². The second-order valence-electron chi connectivity index (χ2n) is 21.2. The molecule has 1 aliphatic heterocycles. The van der Waals surface area contributed by atoms with Crippen LogP contribution in [0.25, 0.3) is 0 Å². The summed E-state index contributed by atoms with van der Waals surface area (Å²) in [7, 11) is 0. The number of benzene rings is 2. The molecule has 0 saturated carbocycles. The minimum Gasteiger partial charge on any atom is -0.507 e. The Morgan fingerprint density at radius 1 is 0.654 bits per heavy atom. The molecule has 7 heteroatoms. The molecule has 7 nitrogen and oxygen atoms in total. The summed E-state index contributed by atoms with van der Waals surface area (Å²) < 4.78 is 12.1. The van der Waals surface area contributed by atoms with E-state index in [1.165, 1.54) is 0 Å². The molecule has 1 aliphatic rings. The molecular formula is C45H71NO6. The van der Waals surface area contributed by atoms with Gasteiger partial charge in [0.2, 0.25) is 6.29 Å². The van der Waals surface area contributed by atoms with E-state index < -0.39 is 40.4 Å². The molecule has 1 heterocycles. The van der Waals surface area contributed by atoms with Crippen LogP contribution >= 0.6 is 0 Å². The van der Waals surface area contributed by atoms with Crippen LogP contribution in [0.3, 0.4) is 0 Å². The molecule has 52 heavy (non-hydrogen) atoms. The Morgan fingerprint density at radius 3 is 1.35 bits per heavy atom. The number of ether oxygens (including phenoxy) is 2. The third-order valence-electron chi connectivity index (χ3n) is 10.9. The number of aromatic hydroxyl groups is 2. The molecule has 2 aromatic rings. The van der Waals surface area contributed by atoms with Crippen LogP contribution in [0.5, 0.6) is 11.5 Å². The SMILES string of the molecule is CC(OC(=O)C(C)c1cc(C(C)(C)C)c(O)c(C(C)(C)C)c1)OC(=O)C(C)(c1cc(C(C)(C)C)c(O)c(C(C)(C)C)c1)C1CC(C)(C)NC(C)(C)C1. The van der Waals surface area contributed by atoms with Crippen molar-refractivity contribution in [3.8, 4) is 11.5 Å². The minimum atomic E-state index is -1.16. The first-order valence-corrected chi connectivity index (χ1v) is 19.1. The van der Waals surface area contributed by atoms with E-state index in [1.807, 2.05) is 72.7 Å². The van der Waals surface area contributed by atoms with Gasteiger partial charge in [0, 0.05) is 18.0 Å². The fourth-order valence-electron chi connectivity index (χ4n) is 8.08. The van der Waals surface area contributed by atoms with Gasteiger partial charge in [-0.2, -0.15) is 0 Å². The maximum atomic E-state index is 14.8. The predicted octanol–water partition coefficient (Wildman–Crippen LogP) is 10.3. The molecule has 3 unspecified atom stereocenters. The number of carbonyl (C=O) groups excluding carboxylic acids is 2. The fourth-order valence-corrected chi connectivity index (χ4v) is 8.08. The number of nitrogens with one attached hydrogen (secondary N) is 1. The number of phenolic OH excluding ortho intramolecular Hbond substituents is 2. The van der Waals surface area contributed by atoms with E-state index in [2.05, 4.69) is 74.6 Å². The van der Waals surface area contributed by atoms with Crippen molar-refractivity contribution >= 4 is 11.9 Å².